The van der Waals surface area contributed by atoms with Crippen molar-refractivity contribution in [2.75, 3.05) is 31.2 Å². The molecular weight excluding hydrogens is 356 g/mol. The monoisotopic (exact) mass is 382 g/mol. The highest BCUT2D eigenvalue weighted by Crippen LogP contribution is 2.28. The molecule has 1 saturated heterocycles. The molecule has 1 aliphatic heterocycles. The summed E-state index contributed by atoms with van der Waals surface area (Å²) in [6.07, 6.45) is 9.09. The third-order valence-electron chi connectivity index (χ3n) is 5.23. The Bertz CT molecular complexity index is 784. The predicted molar refractivity (Wildman–Crippen MR) is 106 cm³/mol. The zero-order chi connectivity index (χ0) is 19.2. The quantitative estimate of drug-likeness (QED) is 0.856. The number of carbonyl (C=O) groups is 1. The van der Waals surface area contributed by atoms with Gasteiger partial charge in [0, 0.05) is 37.1 Å². The highest BCUT2D eigenvalue weighted by Gasteiger charge is 2.19. The summed E-state index contributed by atoms with van der Waals surface area (Å²) < 4.78 is 11.4. The van der Waals surface area contributed by atoms with E-state index in [1.54, 1.807) is 36.7 Å². The predicted octanol–water partition coefficient (Wildman–Crippen LogP) is 3.17. The van der Waals surface area contributed by atoms with E-state index in [0.717, 1.165) is 25.9 Å². The molecule has 148 valence electrons. The maximum Gasteiger partial charge on any atom is 0.263 e. The van der Waals surface area contributed by atoms with Crippen LogP contribution in [-0.4, -0.2) is 48.2 Å². The fourth-order valence-corrected chi connectivity index (χ4v) is 3.68. The molecule has 28 heavy (non-hydrogen) atoms. The van der Waals surface area contributed by atoms with Gasteiger partial charge in [-0.1, -0.05) is 19.3 Å². The van der Waals surface area contributed by atoms with Crippen molar-refractivity contribution in [1.29, 1.82) is 0 Å². The molecule has 2 aliphatic rings. The number of nitrogens with one attached hydrogen (secondary N) is 1. The fourth-order valence-electron chi connectivity index (χ4n) is 3.68. The van der Waals surface area contributed by atoms with Crippen LogP contribution in [0.2, 0.25) is 0 Å². The average molecular weight is 382 g/mol. The molecule has 1 N–H and O–H groups in total. The molecule has 0 bridgehead atoms. The van der Waals surface area contributed by atoms with Gasteiger partial charge in [-0.25, -0.2) is 9.97 Å². The lowest BCUT2D eigenvalue weighted by Gasteiger charge is -2.28. The molecule has 1 aromatic carbocycles. The molecule has 1 aromatic heterocycles. The first kappa shape index (κ1) is 18.7. The molecule has 1 saturated carbocycles. The Morgan fingerprint density at radius 2 is 1.75 bits per heavy atom. The van der Waals surface area contributed by atoms with Crippen LogP contribution in [0.3, 0.4) is 0 Å². The largest absolute Gasteiger partial charge is 0.436 e. The standard InChI is InChI=1S/C21H26N4O3/c26-20(24-17-4-2-1-3-5-17)16-6-8-18(9-7-16)28-21-19(22-10-11-23-21)25-12-14-27-15-13-25/h6-11,17H,1-5,12-15H2,(H,24,26). The van der Waals surface area contributed by atoms with Gasteiger partial charge in [0.25, 0.3) is 11.8 Å². The maximum absolute atomic E-state index is 12.5. The van der Waals surface area contributed by atoms with Crippen LogP contribution in [-0.2, 0) is 4.74 Å². The van der Waals surface area contributed by atoms with E-state index in [0.29, 0.717) is 42.3 Å². The van der Waals surface area contributed by atoms with E-state index in [4.69, 9.17) is 9.47 Å². The number of nitrogens with zero attached hydrogens (tertiary/aromatic N) is 3. The SMILES string of the molecule is O=C(NC1CCCCC1)c1ccc(Oc2nccnc2N2CCOCC2)cc1. The van der Waals surface area contributed by atoms with Crippen molar-refractivity contribution < 1.29 is 14.3 Å². The minimum absolute atomic E-state index is 0.0213. The van der Waals surface area contributed by atoms with Gasteiger partial charge >= 0.3 is 0 Å². The number of morpholine rings is 1. The molecule has 1 amide bonds. The third kappa shape index (κ3) is 4.59. The second-order valence-corrected chi connectivity index (χ2v) is 7.22. The summed E-state index contributed by atoms with van der Waals surface area (Å²) >= 11 is 0. The van der Waals surface area contributed by atoms with E-state index in [9.17, 15) is 4.79 Å². The Kier molecular flexibility index (Phi) is 6.01. The van der Waals surface area contributed by atoms with E-state index in [1.807, 2.05) is 0 Å². The highest BCUT2D eigenvalue weighted by atomic mass is 16.5. The van der Waals surface area contributed by atoms with Crippen LogP contribution in [0.4, 0.5) is 5.82 Å². The molecule has 7 heteroatoms. The molecular formula is C21H26N4O3. The first-order chi connectivity index (χ1) is 13.8. The molecule has 4 rings (SSSR count). The van der Waals surface area contributed by atoms with Crippen molar-refractivity contribution in [2.45, 2.75) is 38.1 Å². The van der Waals surface area contributed by atoms with E-state index in [1.165, 1.54) is 19.3 Å². The molecule has 2 aromatic rings. The zero-order valence-corrected chi connectivity index (χ0v) is 16.0. The Balaban J connectivity index is 1.41. The summed E-state index contributed by atoms with van der Waals surface area (Å²) in [6, 6.07) is 7.48. The third-order valence-corrected chi connectivity index (χ3v) is 5.23. The molecule has 1 aliphatic carbocycles. The van der Waals surface area contributed by atoms with Crippen LogP contribution < -0.4 is 15.0 Å². The van der Waals surface area contributed by atoms with Crippen molar-refractivity contribution in [3.05, 3.63) is 42.2 Å². The van der Waals surface area contributed by atoms with Gasteiger partial charge in [-0.05, 0) is 37.1 Å². The number of hydrogen-bond donors (Lipinski definition) is 1. The van der Waals surface area contributed by atoms with E-state index >= 15 is 0 Å². The van der Waals surface area contributed by atoms with Crippen molar-refractivity contribution in [2.24, 2.45) is 0 Å². The summed E-state index contributed by atoms with van der Waals surface area (Å²) in [5.74, 6) is 1.78. The van der Waals surface area contributed by atoms with Gasteiger partial charge in [-0.3, -0.25) is 4.79 Å². The van der Waals surface area contributed by atoms with Crippen molar-refractivity contribution in [1.82, 2.24) is 15.3 Å². The number of ether oxygens (including phenoxy) is 2. The van der Waals surface area contributed by atoms with E-state index in [-0.39, 0.29) is 5.91 Å². The lowest BCUT2D eigenvalue weighted by Crippen LogP contribution is -2.37. The Morgan fingerprint density at radius 3 is 2.50 bits per heavy atom. The van der Waals surface area contributed by atoms with Gasteiger partial charge in [0.1, 0.15) is 5.75 Å². The first-order valence-corrected chi connectivity index (χ1v) is 10.0. The molecule has 2 fully saturated rings. The van der Waals surface area contributed by atoms with Crippen molar-refractivity contribution in [3.63, 3.8) is 0 Å². The lowest BCUT2D eigenvalue weighted by molar-refractivity contribution is 0.0927. The first-order valence-electron chi connectivity index (χ1n) is 10.0. The van der Waals surface area contributed by atoms with E-state index in [2.05, 4.69) is 20.2 Å². The van der Waals surface area contributed by atoms with Gasteiger partial charge < -0.3 is 19.7 Å². The number of anilines is 1. The van der Waals surface area contributed by atoms with Gasteiger partial charge in [0.05, 0.1) is 13.2 Å². The summed E-state index contributed by atoms with van der Waals surface area (Å²) in [5.41, 5.74) is 0.644. The fraction of sp³-hybridized carbons (Fsp3) is 0.476. The Hall–Kier alpha value is -2.67. The molecule has 2 heterocycles. The summed E-state index contributed by atoms with van der Waals surface area (Å²) in [5, 5.41) is 3.14. The highest BCUT2D eigenvalue weighted by molar-refractivity contribution is 5.94. The zero-order valence-electron chi connectivity index (χ0n) is 16.0. The second kappa shape index (κ2) is 9.01. The van der Waals surface area contributed by atoms with E-state index < -0.39 is 0 Å². The number of hydrogen-bond acceptors (Lipinski definition) is 6. The normalized spacial score (nSPS) is 17.9. The minimum atomic E-state index is -0.0213. The molecule has 0 atom stereocenters. The summed E-state index contributed by atoms with van der Waals surface area (Å²) in [4.78, 5) is 23.3. The van der Waals surface area contributed by atoms with Gasteiger partial charge in [0.15, 0.2) is 5.82 Å². The molecule has 0 spiro atoms. The Morgan fingerprint density at radius 1 is 1.04 bits per heavy atom. The van der Waals surface area contributed by atoms with Crippen LogP contribution >= 0.6 is 0 Å². The average Bonchev–Trinajstić information content (AvgIpc) is 2.76. The molecule has 0 unspecified atom stereocenters. The summed E-state index contributed by atoms with van der Waals surface area (Å²) in [7, 11) is 0. The van der Waals surface area contributed by atoms with Gasteiger partial charge in [-0.15, -0.1) is 0 Å². The molecule has 7 nitrogen and oxygen atoms in total. The van der Waals surface area contributed by atoms with Gasteiger partial charge in [-0.2, -0.15) is 0 Å². The number of benzene rings is 1. The van der Waals surface area contributed by atoms with Gasteiger partial charge in [0.2, 0.25) is 0 Å². The maximum atomic E-state index is 12.5. The minimum Gasteiger partial charge on any atom is -0.436 e. The Labute approximate surface area is 165 Å². The number of carbonyl (C=O) groups excluding carboxylic acids is 1. The summed E-state index contributed by atoms with van der Waals surface area (Å²) in [6.45, 7) is 2.85. The van der Waals surface area contributed by atoms with Crippen molar-refractivity contribution in [3.8, 4) is 11.6 Å². The van der Waals surface area contributed by atoms with Crippen molar-refractivity contribution >= 4 is 11.7 Å². The molecule has 0 radical (unpaired) electrons. The lowest BCUT2D eigenvalue weighted by atomic mass is 9.95. The number of aromatic nitrogens is 2. The van der Waals surface area contributed by atoms with Crippen LogP contribution in [0.25, 0.3) is 0 Å². The number of rotatable bonds is 5. The van der Waals surface area contributed by atoms with Crippen LogP contribution in [0, 0.1) is 0 Å². The van der Waals surface area contributed by atoms with Crippen LogP contribution in [0.15, 0.2) is 36.7 Å². The van der Waals surface area contributed by atoms with Crippen LogP contribution in [0.1, 0.15) is 42.5 Å². The smallest absolute Gasteiger partial charge is 0.263 e. The van der Waals surface area contributed by atoms with Crippen LogP contribution in [0.5, 0.6) is 11.6 Å². The topological polar surface area (TPSA) is 76.6 Å². The number of amides is 1. The second-order valence-electron chi connectivity index (χ2n) is 7.22.